The quantitative estimate of drug-likeness (QED) is 0.335. The van der Waals surface area contributed by atoms with Crippen molar-refractivity contribution >= 4 is 11.9 Å². The van der Waals surface area contributed by atoms with E-state index in [9.17, 15) is 9.59 Å². The monoisotopic (exact) mass is 595 g/mol. The van der Waals surface area contributed by atoms with E-state index in [2.05, 4.69) is 67.6 Å². The zero-order chi connectivity index (χ0) is 32.2. The van der Waals surface area contributed by atoms with Crippen LogP contribution in [0, 0.1) is 10.8 Å². The van der Waals surface area contributed by atoms with Gasteiger partial charge in [0, 0.05) is 48.8 Å². The maximum Gasteiger partial charge on any atom is 0.311 e. The van der Waals surface area contributed by atoms with E-state index in [1.54, 1.807) is 4.90 Å². The van der Waals surface area contributed by atoms with Crippen molar-refractivity contribution in [3.05, 3.63) is 0 Å². The Morgan fingerprint density at radius 2 is 1.60 bits per heavy atom. The van der Waals surface area contributed by atoms with Crippen LogP contribution >= 0.6 is 0 Å². The maximum absolute atomic E-state index is 13.9. The molecule has 0 saturated carbocycles. The molecule has 9 heteroatoms. The lowest BCUT2D eigenvalue weighted by Gasteiger charge is -2.55. The highest BCUT2D eigenvalue weighted by molar-refractivity contribution is 5.87. The summed E-state index contributed by atoms with van der Waals surface area (Å²) in [5.41, 5.74) is -3.21. The van der Waals surface area contributed by atoms with Gasteiger partial charge in [-0.15, -0.1) is 0 Å². The first-order valence-corrected chi connectivity index (χ1v) is 15.9. The molecule has 3 heterocycles. The summed E-state index contributed by atoms with van der Waals surface area (Å²) in [5, 5.41) is 5.69. The average Bonchev–Trinajstić information content (AvgIpc) is 3.00. The molecule has 3 saturated heterocycles. The number of carbonyl (C=O) groups is 2. The van der Waals surface area contributed by atoms with Crippen LogP contribution in [0.4, 0.5) is 0 Å². The topological polar surface area (TPSA) is 89.6 Å². The standard InChI is InChI=1S/C33H61N3O6/c1-15-40-36-30(10,11)20-33(21-31(36,12)13)25(37)35(22-39-33)18-23(2)42-32(14)17-24(16-29(8,9)34-32)41-26(38)28(6,7)19-27(3,4)5/h23-24,34H,15-22H2,1-14H3. The number of nitrogens with zero attached hydrogens (tertiary/aromatic N) is 2. The zero-order valence-corrected chi connectivity index (χ0v) is 29.2. The second-order valence-corrected chi connectivity index (χ2v) is 17.2. The van der Waals surface area contributed by atoms with Gasteiger partial charge in [-0.2, -0.15) is 5.06 Å². The highest BCUT2D eigenvalue weighted by Crippen LogP contribution is 2.48. The van der Waals surface area contributed by atoms with Gasteiger partial charge in [0.25, 0.3) is 5.91 Å². The van der Waals surface area contributed by atoms with E-state index in [0.29, 0.717) is 38.8 Å². The van der Waals surface area contributed by atoms with Gasteiger partial charge in [-0.3, -0.25) is 19.7 Å². The molecule has 3 unspecified atom stereocenters. The number of ether oxygens (including phenoxy) is 3. The van der Waals surface area contributed by atoms with Gasteiger partial charge in [0.2, 0.25) is 0 Å². The van der Waals surface area contributed by atoms with E-state index in [1.165, 1.54) is 0 Å². The Morgan fingerprint density at radius 1 is 1.02 bits per heavy atom. The molecular weight excluding hydrogens is 534 g/mol. The van der Waals surface area contributed by atoms with Crippen molar-refractivity contribution in [2.45, 2.75) is 169 Å². The number of carbonyl (C=O) groups excluding carboxylic acids is 2. The third-order valence-electron chi connectivity index (χ3n) is 8.66. The number of nitrogens with one attached hydrogen (secondary N) is 1. The summed E-state index contributed by atoms with van der Waals surface area (Å²) in [6.45, 7) is 30.3. The number of hydrogen-bond acceptors (Lipinski definition) is 8. The van der Waals surface area contributed by atoms with Gasteiger partial charge in [-0.1, -0.05) is 20.8 Å². The molecule has 1 N–H and O–H groups in total. The third kappa shape index (κ3) is 8.06. The predicted molar refractivity (Wildman–Crippen MR) is 164 cm³/mol. The lowest BCUT2D eigenvalue weighted by atomic mass is 9.72. The number of rotatable bonds is 9. The van der Waals surface area contributed by atoms with Crippen molar-refractivity contribution in [3.63, 3.8) is 0 Å². The minimum absolute atomic E-state index is 0.0179. The molecular formula is C33H61N3O6. The van der Waals surface area contributed by atoms with Crippen LogP contribution < -0.4 is 5.32 Å². The molecule has 0 bridgehead atoms. The maximum atomic E-state index is 13.9. The van der Waals surface area contributed by atoms with E-state index >= 15 is 0 Å². The summed E-state index contributed by atoms with van der Waals surface area (Å²) < 4.78 is 19.1. The Bertz CT molecular complexity index is 982. The molecule has 0 aromatic heterocycles. The van der Waals surface area contributed by atoms with Crippen LogP contribution in [0.3, 0.4) is 0 Å². The first-order chi connectivity index (χ1) is 18.8. The fraction of sp³-hybridized carbons (Fsp3) is 0.939. The number of hydrogen-bond donors (Lipinski definition) is 1. The molecule has 9 nitrogen and oxygen atoms in total. The molecule has 1 amide bonds. The summed E-state index contributed by atoms with van der Waals surface area (Å²) >= 11 is 0. The highest BCUT2D eigenvalue weighted by Gasteiger charge is 2.61. The second-order valence-electron chi connectivity index (χ2n) is 17.2. The summed E-state index contributed by atoms with van der Waals surface area (Å²) in [5.74, 6) is -0.146. The molecule has 1 spiro atoms. The average molecular weight is 596 g/mol. The van der Waals surface area contributed by atoms with Gasteiger partial charge in [-0.25, -0.2) is 0 Å². The first kappa shape index (κ1) is 35.2. The molecule has 244 valence electrons. The number of esters is 1. The van der Waals surface area contributed by atoms with Gasteiger partial charge >= 0.3 is 5.97 Å². The van der Waals surface area contributed by atoms with Crippen LogP contribution in [0.15, 0.2) is 0 Å². The molecule has 3 fully saturated rings. The van der Waals surface area contributed by atoms with Crippen LogP contribution in [0.1, 0.15) is 129 Å². The smallest absolute Gasteiger partial charge is 0.311 e. The third-order valence-corrected chi connectivity index (χ3v) is 8.66. The summed E-state index contributed by atoms with van der Waals surface area (Å²) in [6.07, 6.45) is 2.54. The Morgan fingerprint density at radius 3 is 2.12 bits per heavy atom. The highest BCUT2D eigenvalue weighted by atomic mass is 16.7. The van der Waals surface area contributed by atoms with Crippen molar-refractivity contribution in [1.82, 2.24) is 15.3 Å². The van der Waals surface area contributed by atoms with Crippen LogP contribution in [0.5, 0.6) is 0 Å². The Kier molecular flexibility index (Phi) is 9.72. The largest absolute Gasteiger partial charge is 0.462 e. The molecule has 3 aliphatic heterocycles. The second kappa shape index (κ2) is 11.6. The predicted octanol–water partition coefficient (Wildman–Crippen LogP) is 5.80. The van der Waals surface area contributed by atoms with Crippen molar-refractivity contribution in [3.8, 4) is 0 Å². The molecule has 3 rings (SSSR count). The first-order valence-electron chi connectivity index (χ1n) is 15.9. The molecule has 0 aliphatic carbocycles. The van der Waals surface area contributed by atoms with Crippen LogP contribution in [-0.4, -0.2) is 81.9 Å². The molecule has 0 aromatic rings. The minimum Gasteiger partial charge on any atom is -0.462 e. The number of piperidine rings is 2. The number of amides is 1. The van der Waals surface area contributed by atoms with Crippen LogP contribution in [0.2, 0.25) is 0 Å². The molecule has 3 aliphatic rings. The lowest BCUT2D eigenvalue weighted by Crippen LogP contribution is -2.67. The summed E-state index contributed by atoms with van der Waals surface area (Å²) in [6, 6.07) is 0. The van der Waals surface area contributed by atoms with Gasteiger partial charge in [0.05, 0.1) is 18.1 Å². The van der Waals surface area contributed by atoms with Gasteiger partial charge < -0.3 is 19.1 Å². The Balaban J connectivity index is 1.67. The lowest BCUT2D eigenvalue weighted by molar-refractivity contribution is -0.300. The zero-order valence-electron chi connectivity index (χ0n) is 29.2. The van der Waals surface area contributed by atoms with Crippen LogP contribution in [-0.2, 0) is 28.6 Å². The van der Waals surface area contributed by atoms with Crippen molar-refractivity contribution in [1.29, 1.82) is 0 Å². The normalized spacial score (nSPS) is 30.0. The Hall–Kier alpha value is -1.26. The van der Waals surface area contributed by atoms with E-state index in [1.807, 2.05) is 39.7 Å². The molecule has 0 radical (unpaired) electrons. The van der Waals surface area contributed by atoms with Gasteiger partial charge in [0.15, 0.2) is 5.60 Å². The SMILES string of the molecule is CCON1C(C)(C)CC2(CC1(C)C)OCN(CC(C)OC1(C)CC(OC(=O)C(C)(C)CC(C)(C)C)CC(C)(C)N1)C2=O. The minimum atomic E-state index is -0.880. The van der Waals surface area contributed by atoms with E-state index in [-0.39, 0.29) is 52.8 Å². The van der Waals surface area contributed by atoms with E-state index in [4.69, 9.17) is 19.0 Å². The van der Waals surface area contributed by atoms with E-state index in [0.717, 1.165) is 6.42 Å². The summed E-state index contributed by atoms with van der Waals surface area (Å²) in [7, 11) is 0. The van der Waals surface area contributed by atoms with Crippen molar-refractivity contribution in [2.24, 2.45) is 10.8 Å². The molecule has 3 atom stereocenters. The Labute approximate surface area is 255 Å². The van der Waals surface area contributed by atoms with Crippen LogP contribution in [0.25, 0.3) is 0 Å². The van der Waals surface area contributed by atoms with Gasteiger partial charge in [0.1, 0.15) is 18.6 Å². The summed E-state index contributed by atoms with van der Waals surface area (Å²) in [4.78, 5) is 35.0. The van der Waals surface area contributed by atoms with E-state index < -0.39 is 16.7 Å². The molecule has 42 heavy (non-hydrogen) atoms. The number of hydroxylamine groups is 2. The van der Waals surface area contributed by atoms with Crippen molar-refractivity contribution in [2.75, 3.05) is 19.9 Å². The van der Waals surface area contributed by atoms with Gasteiger partial charge in [-0.05, 0) is 88.0 Å². The fourth-order valence-corrected chi connectivity index (χ4v) is 8.46. The van der Waals surface area contributed by atoms with Crippen molar-refractivity contribution < 1.29 is 28.6 Å². The molecule has 0 aromatic carbocycles. The fourth-order valence-electron chi connectivity index (χ4n) is 8.46.